The van der Waals surface area contributed by atoms with E-state index >= 15 is 0 Å². The topological polar surface area (TPSA) is 71.7 Å². The summed E-state index contributed by atoms with van der Waals surface area (Å²) in [6.45, 7) is -2.91. The van der Waals surface area contributed by atoms with Gasteiger partial charge in [-0.05, 0) is 48.0 Å². The zero-order valence-corrected chi connectivity index (χ0v) is 12.6. The average molecular weight is 340 g/mol. The maximum Gasteiger partial charge on any atom is 0.387 e. The van der Waals surface area contributed by atoms with Gasteiger partial charge in [-0.25, -0.2) is 9.79 Å². The van der Waals surface area contributed by atoms with Crippen molar-refractivity contribution in [1.82, 2.24) is 0 Å². The minimum atomic E-state index is -2.91. The first-order valence-electron chi connectivity index (χ1n) is 7.13. The molecule has 0 unspecified atom stereocenters. The van der Waals surface area contributed by atoms with Crippen LogP contribution in [0.5, 0.6) is 5.75 Å². The number of halogens is 2. The zero-order valence-electron chi connectivity index (χ0n) is 12.6. The molecule has 0 aromatic heterocycles. The van der Waals surface area contributed by atoms with E-state index in [1.807, 2.05) is 6.07 Å². The van der Waals surface area contributed by atoms with Gasteiger partial charge >= 0.3 is 12.6 Å². The fourth-order valence-electron chi connectivity index (χ4n) is 2.12. The first-order chi connectivity index (χ1) is 12.0. The van der Waals surface area contributed by atoms with Crippen molar-refractivity contribution in [3.63, 3.8) is 0 Å². The summed E-state index contributed by atoms with van der Waals surface area (Å²) >= 11 is 0. The molecule has 0 spiro atoms. The normalized spacial score (nSPS) is 15.0. The Hall–Kier alpha value is -3.53. The Balaban J connectivity index is 1.82. The highest BCUT2D eigenvalue weighted by Gasteiger charge is 2.24. The van der Waals surface area contributed by atoms with Crippen LogP contribution in [0.4, 0.5) is 8.78 Å². The number of nitrogens with zero attached hydrogens (tertiary/aromatic N) is 2. The quantitative estimate of drug-likeness (QED) is 0.631. The third-order valence-electron chi connectivity index (χ3n) is 3.29. The molecule has 1 aliphatic heterocycles. The maximum atomic E-state index is 12.1. The maximum absolute atomic E-state index is 12.1. The second-order valence-electron chi connectivity index (χ2n) is 4.97. The second kappa shape index (κ2) is 6.93. The van der Waals surface area contributed by atoms with Crippen LogP contribution in [0.15, 0.2) is 59.2 Å². The molecule has 1 heterocycles. The van der Waals surface area contributed by atoms with Crippen LogP contribution in [0.3, 0.4) is 0 Å². The van der Waals surface area contributed by atoms with Crippen LogP contribution in [-0.4, -0.2) is 18.5 Å². The molecule has 2 aromatic carbocycles. The Morgan fingerprint density at radius 2 is 1.80 bits per heavy atom. The third kappa shape index (κ3) is 3.87. The van der Waals surface area contributed by atoms with Crippen LogP contribution in [0.1, 0.15) is 16.7 Å². The van der Waals surface area contributed by atoms with Crippen molar-refractivity contribution in [2.75, 3.05) is 0 Å². The molecule has 0 atom stereocenters. The fourth-order valence-corrected chi connectivity index (χ4v) is 2.12. The highest BCUT2D eigenvalue weighted by atomic mass is 19.3. The van der Waals surface area contributed by atoms with Crippen LogP contribution in [-0.2, 0) is 9.53 Å². The second-order valence-corrected chi connectivity index (χ2v) is 4.97. The standard InChI is InChI=1S/C18H10F2N2O3/c19-18(20)24-14-7-5-13(6-8-14)16-22-15(17(23)25-16)9-11-1-3-12(10-21)4-2-11/h1-9,18H. The minimum Gasteiger partial charge on any atom is -0.435 e. The Labute approximate surface area is 141 Å². The number of cyclic esters (lactones) is 1. The number of hydrogen-bond acceptors (Lipinski definition) is 5. The van der Waals surface area contributed by atoms with Gasteiger partial charge in [0.1, 0.15) is 5.75 Å². The minimum absolute atomic E-state index is 0.00276. The molecule has 0 radical (unpaired) electrons. The molecule has 2 aromatic rings. The van der Waals surface area contributed by atoms with E-state index in [1.54, 1.807) is 24.3 Å². The molecule has 0 amide bonds. The van der Waals surface area contributed by atoms with Crippen molar-refractivity contribution >= 4 is 17.9 Å². The molecule has 124 valence electrons. The van der Waals surface area contributed by atoms with Crippen molar-refractivity contribution in [2.24, 2.45) is 4.99 Å². The molecular formula is C18H10F2N2O3. The van der Waals surface area contributed by atoms with Crippen LogP contribution in [0.25, 0.3) is 6.08 Å². The lowest BCUT2D eigenvalue weighted by Crippen LogP contribution is -2.06. The van der Waals surface area contributed by atoms with Gasteiger partial charge in [-0.15, -0.1) is 0 Å². The predicted molar refractivity (Wildman–Crippen MR) is 84.8 cm³/mol. The molecule has 5 nitrogen and oxygen atoms in total. The lowest BCUT2D eigenvalue weighted by Gasteiger charge is -2.04. The molecule has 3 rings (SSSR count). The summed E-state index contributed by atoms with van der Waals surface area (Å²) in [6.07, 6.45) is 1.53. The van der Waals surface area contributed by atoms with Crippen LogP contribution in [0, 0.1) is 11.3 Å². The molecule has 0 fully saturated rings. The van der Waals surface area contributed by atoms with Crippen molar-refractivity contribution in [2.45, 2.75) is 6.61 Å². The first-order valence-corrected chi connectivity index (χ1v) is 7.13. The van der Waals surface area contributed by atoms with Gasteiger partial charge in [0, 0.05) is 5.56 Å². The Bertz CT molecular complexity index is 895. The number of benzene rings is 2. The molecule has 0 bridgehead atoms. The van der Waals surface area contributed by atoms with Crippen molar-refractivity contribution < 1.29 is 23.0 Å². The van der Waals surface area contributed by atoms with Crippen molar-refractivity contribution in [3.05, 3.63) is 70.9 Å². The van der Waals surface area contributed by atoms with Gasteiger partial charge < -0.3 is 9.47 Å². The zero-order chi connectivity index (χ0) is 17.8. The van der Waals surface area contributed by atoms with Gasteiger partial charge in [0.25, 0.3) is 0 Å². The third-order valence-corrected chi connectivity index (χ3v) is 3.29. The summed E-state index contributed by atoms with van der Waals surface area (Å²) in [4.78, 5) is 16.0. The summed E-state index contributed by atoms with van der Waals surface area (Å²) < 4.78 is 33.6. The van der Waals surface area contributed by atoms with E-state index in [0.29, 0.717) is 16.7 Å². The molecule has 0 saturated heterocycles. The average Bonchev–Trinajstić information content (AvgIpc) is 2.96. The number of carbonyl (C=O) groups excluding carboxylic acids is 1. The van der Waals surface area contributed by atoms with Gasteiger partial charge in [-0.2, -0.15) is 14.0 Å². The number of hydrogen-bond donors (Lipinski definition) is 0. The summed E-state index contributed by atoms with van der Waals surface area (Å²) in [5.74, 6) is -0.544. The summed E-state index contributed by atoms with van der Waals surface area (Å²) in [5, 5.41) is 8.77. The van der Waals surface area contributed by atoms with Crippen LogP contribution >= 0.6 is 0 Å². The van der Waals surface area contributed by atoms with Crippen LogP contribution < -0.4 is 4.74 Å². The molecule has 0 N–H and O–H groups in total. The molecule has 0 aliphatic carbocycles. The number of esters is 1. The van der Waals surface area contributed by atoms with E-state index in [1.165, 1.54) is 30.3 Å². The number of alkyl halides is 2. The predicted octanol–water partition coefficient (Wildman–Crippen LogP) is 3.50. The summed E-state index contributed by atoms with van der Waals surface area (Å²) in [6, 6.07) is 14.2. The number of aliphatic imine (C=N–C) groups is 1. The van der Waals surface area contributed by atoms with E-state index in [9.17, 15) is 13.6 Å². The monoisotopic (exact) mass is 340 g/mol. The Morgan fingerprint density at radius 3 is 2.40 bits per heavy atom. The first kappa shape index (κ1) is 16.3. The van der Waals surface area contributed by atoms with Gasteiger partial charge in [-0.3, -0.25) is 0 Å². The van der Waals surface area contributed by atoms with Gasteiger partial charge in [0.2, 0.25) is 5.90 Å². The fraction of sp³-hybridized carbons (Fsp3) is 0.0556. The van der Waals surface area contributed by atoms with Crippen molar-refractivity contribution in [1.29, 1.82) is 5.26 Å². The van der Waals surface area contributed by atoms with Crippen molar-refractivity contribution in [3.8, 4) is 11.8 Å². The largest absolute Gasteiger partial charge is 0.435 e. The molecule has 7 heteroatoms. The van der Waals surface area contributed by atoms with Crippen LogP contribution in [0.2, 0.25) is 0 Å². The lowest BCUT2D eigenvalue weighted by atomic mass is 10.1. The number of ether oxygens (including phenoxy) is 2. The van der Waals surface area contributed by atoms with Gasteiger partial charge in [0.05, 0.1) is 11.6 Å². The number of nitriles is 1. The molecule has 25 heavy (non-hydrogen) atoms. The smallest absolute Gasteiger partial charge is 0.387 e. The van der Waals surface area contributed by atoms with E-state index in [0.717, 1.165) is 0 Å². The Kier molecular flexibility index (Phi) is 4.53. The van der Waals surface area contributed by atoms with E-state index in [4.69, 9.17) is 10.00 Å². The highest BCUT2D eigenvalue weighted by Crippen LogP contribution is 2.21. The Morgan fingerprint density at radius 1 is 1.12 bits per heavy atom. The molecule has 0 saturated carbocycles. The van der Waals surface area contributed by atoms with E-state index in [2.05, 4.69) is 9.73 Å². The number of carbonyl (C=O) groups is 1. The SMILES string of the molecule is N#Cc1ccc(C=C2N=C(c3ccc(OC(F)F)cc3)OC2=O)cc1. The van der Waals surface area contributed by atoms with E-state index < -0.39 is 12.6 Å². The highest BCUT2D eigenvalue weighted by molar-refractivity contribution is 6.12. The summed E-state index contributed by atoms with van der Waals surface area (Å²) in [5.41, 5.74) is 1.76. The summed E-state index contributed by atoms with van der Waals surface area (Å²) in [7, 11) is 0. The molecule has 1 aliphatic rings. The van der Waals surface area contributed by atoms with Gasteiger partial charge in [-0.1, -0.05) is 12.1 Å². The van der Waals surface area contributed by atoms with E-state index in [-0.39, 0.29) is 17.3 Å². The molecular weight excluding hydrogens is 330 g/mol. The number of rotatable bonds is 4. The lowest BCUT2D eigenvalue weighted by molar-refractivity contribution is -0.129. The van der Waals surface area contributed by atoms with Gasteiger partial charge in [0.15, 0.2) is 5.70 Å².